The Bertz CT molecular complexity index is 353. The van der Waals surface area contributed by atoms with Gasteiger partial charge in [0.05, 0.1) is 0 Å². The molecule has 0 aliphatic carbocycles. The van der Waals surface area contributed by atoms with Crippen molar-refractivity contribution in [1.82, 2.24) is 15.6 Å². The zero-order valence-electron chi connectivity index (χ0n) is 11.1. The number of rotatable bonds is 3. The van der Waals surface area contributed by atoms with Gasteiger partial charge in [0.2, 0.25) is 11.9 Å². The highest BCUT2D eigenvalue weighted by atomic mass is 16.2. The molecule has 18 heavy (non-hydrogen) atoms. The number of likely N-dealkylation sites (N-methyl/N-ethyl adjacent to an activating group) is 1. The van der Waals surface area contributed by atoms with Crippen LogP contribution in [0.15, 0.2) is 4.99 Å². The van der Waals surface area contributed by atoms with Crippen LogP contribution in [0.25, 0.3) is 0 Å². The molecule has 102 valence electrons. The summed E-state index contributed by atoms with van der Waals surface area (Å²) >= 11 is 0. The molecule has 0 spiro atoms. The maximum Gasteiger partial charge on any atom is 0.251 e. The van der Waals surface area contributed by atoms with Gasteiger partial charge >= 0.3 is 0 Å². The summed E-state index contributed by atoms with van der Waals surface area (Å²) in [5.41, 5.74) is 2.43. The van der Waals surface area contributed by atoms with E-state index < -0.39 is 6.04 Å². The monoisotopic (exact) mass is 255 g/mol. The average molecular weight is 255 g/mol. The van der Waals surface area contributed by atoms with Crippen molar-refractivity contribution in [3.05, 3.63) is 0 Å². The largest absolute Gasteiger partial charge is 0.343 e. The minimum Gasteiger partial charge on any atom is -0.343 e. The molecule has 0 saturated carbocycles. The first-order chi connectivity index (χ1) is 8.45. The van der Waals surface area contributed by atoms with E-state index in [4.69, 9.17) is 5.84 Å². The Balaban J connectivity index is 2.62. The second-order valence-corrected chi connectivity index (χ2v) is 4.75. The predicted octanol–water partition coefficient (Wildman–Crippen LogP) is -0.801. The maximum atomic E-state index is 11.8. The number of hydrogen-bond acceptors (Lipinski definition) is 4. The summed E-state index contributed by atoms with van der Waals surface area (Å²) in [7, 11) is 1.49. The molecule has 2 amide bonds. The number of amides is 2. The van der Waals surface area contributed by atoms with E-state index in [-0.39, 0.29) is 11.8 Å². The van der Waals surface area contributed by atoms with Crippen LogP contribution in [0.3, 0.4) is 0 Å². The zero-order chi connectivity index (χ0) is 13.7. The Morgan fingerprint density at radius 2 is 2.22 bits per heavy atom. The Morgan fingerprint density at radius 3 is 2.78 bits per heavy atom. The first-order valence-electron chi connectivity index (χ1n) is 6.03. The number of imide groups is 1. The lowest BCUT2D eigenvalue weighted by atomic mass is 10.1. The molecule has 0 aromatic rings. The van der Waals surface area contributed by atoms with Gasteiger partial charge in [0.1, 0.15) is 6.04 Å². The first-order valence-corrected chi connectivity index (χ1v) is 6.03. The van der Waals surface area contributed by atoms with Crippen molar-refractivity contribution in [2.24, 2.45) is 16.8 Å². The summed E-state index contributed by atoms with van der Waals surface area (Å²) in [5.74, 6) is 5.73. The fourth-order valence-electron chi connectivity index (χ4n) is 1.62. The van der Waals surface area contributed by atoms with Crippen LogP contribution in [0.2, 0.25) is 0 Å². The van der Waals surface area contributed by atoms with Gasteiger partial charge in [-0.25, -0.2) is 5.84 Å². The maximum absolute atomic E-state index is 11.8. The Kier molecular flexibility index (Phi) is 5.08. The van der Waals surface area contributed by atoms with Crippen LogP contribution in [-0.4, -0.2) is 42.3 Å². The highest BCUT2D eigenvalue weighted by Crippen LogP contribution is 2.11. The van der Waals surface area contributed by atoms with Crippen molar-refractivity contribution in [1.29, 1.82) is 0 Å². The molecule has 1 heterocycles. The van der Waals surface area contributed by atoms with E-state index in [1.54, 1.807) is 0 Å². The average Bonchev–Trinajstić information content (AvgIpc) is 2.34. The Hall–Kier alpha value is -1.63. The van der Waals surface area contributed by atoms with E-state index in [1.165, 1.54) is 7.05 Å². The standard InChI is InChI=1S/C11H21N5O2/c1-7(2)6-13-11(15-12)14-8-4-5-9(17)16(3)10(8)18/h7-8H,4-6,12H2,1-3H3,(H2,13,14,15). The van der Waals surface area contributed by atoms with Crippen LogP contribution >= 0.6 is 0 Å². The molecular weight excluding hydrogens is 234 g/mol. The van der Waals surface area contributed by atoms with Crippen molar-refractivity contribution in [3.63, 3.8) is 0 Å². The molecule has 0 aromatic carbocycles. The lowest BCUT2D eigenvalue weighted by Crippen LogP contribution is -2.56. The summed E-state index contributed by atoms with van der Waals surface area (Å²) in [6.07, 6.45) is 0.812. The number of carbonyl (C=O) groups is 2. The minimum atomic E-state index is -0.449. The topological polar surface area (TPSA) is 99.8 Å². The zero-order valence-corrected chi connectivity index (χ0v) is 11.1. The van der Waals surface area contributed by atoms with Gasteiger partial charge in [0.15, 0.2) is 0 Å². The second-order valence-electron chi connectivity index (χ2n) is 4.75. The highest BCUT2D eigenvalue weighted by Gasteiger charge is 2.32. The number of nitrogens with one attached hydrogen (secondary N) is 2. The van der Waals surface area contributed by atoms with Crippen LogP contribution in [0.5, 0.6) is 0 Å². The van der Waals surface area contributed by atoms with Gasteiger partial charge in [-0.2, -0.15) is 0 Å². The highest BCUT2D eigenvalue weighted by molar-refractivity contribution is 6.01. The number of piperidine rings is 1. The molecule has 1 aliphatic heterocycles. The molecule has 0 bridgehead atoms. The van der Waals surface area contributed by atoms with Crippen molar-refractivity contribution in [3.8, 4) is 0 Å². The SMILES string of the molecule is CC(C)CN=C(NN)NC1CCC(=O)N(C)C1=O. The fourth-order valence-corrected chi connectivity index (χ4v) is 1.62. The third-order valence-electron chi connectivity index (χ3n) is 2.71. The quantitative estimate of drug-likeness (QED) is 0.201. The smallest absolute Gasteiger partial charge is 0.251 e. The number of guanidine groups is 1. The molecule has 7 heteroatoms. The van der Waals surface area contributed by atoms with E-state index in [0.29, 0.717) is 31.3 Å². The predicted molar refractivity (Wildman–Crippen MR) is 68.4 cm³/mol. The third-order valence-corrected chi connectivity index (χ3v) is 2.71. The van der Waals surface area contributed by atoms with Gasteiger partial charge in [0, 0.05) is 20.0 Å². The number of aliphatic imine (C=N–C) groups is 1. The van der Waals surface area contributed by atoms with Crippen molar-refractivity contribution >= 4 is 17.8 Å². The number of nitrogens with two attached hydrogens (primary N) is 1. The van der Waals surface area contributed by atoms with E-state index in [2.05, 4.69) is 15.7 Å². The number of hydrogen-bond donors (Lipinski definition) is 3. The van der Waals surface area contributed by atoms with Crippen LogP contribution in [0.4, 0.5) is 0 Å². The summed E-state index contributed by atoms with van der Waals surface area (Å²) in [6, 6.07) is -0.449. The van der Waals surface area contributed by atoms with Gasteiger partial charge < -0.3 is 5.32 Å². The molecule has 7 nitrogen and oxygen atoms in total. The molecule has 1 saturated heterocycles. The van der Waals surface area contributed by atoms with E-state index in [9.17, 15) is 9.59 Å². The Morgan fingerprint density at radius 1 is 1.56 bits per heavy atom. The number of nitrogens with zero attached hydrogens (tertiary/aromatic N) is 2. The molecule has 1 fully saturated rings. The van der Waals surface area contributed by atoms with Gasteiger partial charge in [-0.3, -0.25) is 24.9 Å². The van der Waals surface area contributed by atoms with Gasteiger partial charge in [-0.1, -0.05) is 13.8 Å². The summed E-state index contributed by atoms with van der Waals surface area (Å²) in [6.45, 7) is 4.69. The summed E-state index contributed by atoms with van der Waals surface area (Å²) < 4.78 is 0. The van der Waals surface area contributed by atoms with E-state index in [0.717, 1.165) is 4.90 Å². The van der Waals surface area contributed by atoms with Crippen molar-refractivity contribution in [2.45, 2.75) is 32.7 Å². The summed E-state index contributed by atoms with van der Waals surface area (Å²) in [5, 5.41) is 2.93. The summed E-state index contributed by atoms with van der Waals surface area (Å²) in [4.78, 5) is 28.5. The van der Waals surface area contributed by atoms with Gasteiger partial charge in [-0.15, -0.1) is 0 Å². The van der Waals surface area contributed by atoms with E-state index >= 15 is 0 Å². The minimum absolute atomic E-state index is 0.153. The number of carbonyl (C=O) groups excluding carboxylic acids is 2. The van der Waals surface area contributed by atoms with Crippen LogP contribution in [0.1, 0.15) is 26.7 Å². The van der Waals surface area contributed by atoms with Gasteiger partial charge in [-0.05, 0) is 12.3 Å². The first kappa shape index (κ1) is 14.4. The number of hydrazine groups is 1. The fraction of sp³-hybridized carbons (Fsp3) is 0.727. The molecule has 4 N–H and O–H groups in total. The van der Waals surface area contributed by atoms with Crippen LogP contribution < -0.4 is 16.6 Å². The van der Waals surface area contributed by atoms with Crippen LogP contribution in [0, 0.1) is 5.92 Å². The Labute approximate surface area is 107 Å². The molecule has 0 aromatic heterocycles. The molecule has 1 unspecified atom stereocenters. The third kappa shape index (κ3) is 3.69. The van der Waals surface area contributed by atoms with Crippen molar-refractivity contribution < 1.29 is 9.59 Å². The lowest BCUT2D eigenvalue weighted by Gasteiger charge is -2.28. The van der Waals surface area contributed by atoms with Crippen LogP contribution in [-0.2, 0) is 9.59 Å². The van der Waals surface area contributed by atoms with E-state index in [1.807, 2.05) is 13.8 Å². The molecule has 1 rings (SSSR count). The molecule has 1 aliphatic rings. The van der Waals surface area contributed by atoms with Gasteiger partial charge in [0.25, 0.3) is 5.91 Å². The molecule has 1 atom stereocenters. The second kappa shape index (κ2) is 6.34. The normalized spacial score (nSPS) is 21.5. The van der Waals surface area contributed by atoms with Crippen molar-refractivity contribution in [2.75, 3.05) is 13.6 Å². The lowest BCUT2D eigenvalue weighted by molar-refractivity contribution is -0.147. The number of likely N-dealkylation sites (tertiary alicyclic amines) is 1. The molecule has 0 radical (unpaired) electrons. The molecular formula is C11H21N5O2.